The number of thiazole rings is 1. The average molecular weight is 935 g/mol. The number of amides is 3. The lowest BCUT2D eigenvalue weighted by molar-refractivity contribution is -0.144. The van der Waals surface area contributed by atoms with Crippen LogP contribution in [0.15, 0.2) is 76.6 Å². The minimum absolute atomic E-state index is 0.0278. The molecule has 66 heavy (non-hydrogen) atoms. The van der Waals surface area contributed by atoms with Gasteiger partial charge in [0.25, 0.3) is 5.56 Å². The molecule has 3 aliphatic heterocycles. The molecule has 1 spiro atoms. The second-order valence-electron chi connectivity index (χ2n) is 20.6. The Labute approximate surface area is 396 Å². The van der Waals surface area contributed by atoms with Gasteiger partial charge in [-0.2, -0.15) is 4.98 Å². The van der Waals surface area contributed by atoms with Crippen LogP contribution < -0.4 is 16.2 Å². The summed E-state index contributed by atoms with van der Waals surface area (Å²) in [6.07, 6.45) is 15.0. The predicted octanol–water partition coefficient (Wildman–Crippen LogP) is 8.21. The number of fused-ring (bicyclic) bond motifs is 7. The number of nitrogens with zero attached hydrogens (tertiary/aromatic N) is 5. The molecule has 6 atom stereocenters. The van der Waals surface area contributed by atoms with E-state index in [9.17, 15) is 24.3 Å². The third-order valence-electron chi connectivity index (χ3n) is 15.3. The first-order valence-electron chi connectivity index (χ1n) is 24.0. The van der Waals surface area contributed by atoms with Gasteiger partial charge in [0.15, 0.2) is 0 Å². The van der Waals surface area contributed by atoms with Crippen LogP contribution in [0.3, 0.4) is 0 Å². The molecule has 5 aliphatic rings. The highest BCUT2D eigenvalue weighted by molar-refractivity contribution is 7.13. The fourth-order valence-electron chi connectivity index (χ4n) is 11.7. The molecule has 9 rings (SSSR count). The number of hydrogen-bond donors (Lipinski definition) is 3. The molecule has 2 aromatic heterocycles. The molecule has 3 N–H and O–H groups in total. The quantitative estimate of drug-likeness (QED) is 0.136. The van der Waals surface area contributed by atoms with Crippen molar-refractivity contribution in [3.05, 3.63) is 104 Å². The number of β-amino-alcohol motifs (C(OH)–C–C–N with tert-alkyl or cyclic N) is 1. The zero-order valence-electron chi connectivity index (χ0n) is 38.9. The Morgan fingerprint density at radius 1 is 1.03 bits per heavy atom. The van der Waals surface area contributed by atoms with Gasteiger partial charge in [0.05, 0.1) is 50.2 Å². The monoisotopic (exact) mass is 933 g/mol. The van der Waals surface area contributed by atoms with Gasteiger partial charge in [-0.3, -0.25) is 19.2 Å². The third kappa shape index (κ3) is 8.93. The van der Waals surface area contributed by atoms with Crippen LogP contribution in [0.2, 0.25) is 5.02 Å². The maximum atomic E-state index is 14.3. The molecule has 4 aromatic rings. The lowest BCUT2D eigenvalue weighted by Gasteiger charge is -2.40. The zero-order chi connectivity index (χ0) is 46.5. The van der Waals surface area contributed by atoms with E-state index in [2.05, 4.69) is 43.3 Å². The van der Waals surface area contributed by atoms with Crippen molar-refractivity contribution in [2.24, 2.45) is 17.3 Å². The van der Waals surface area contributed by atoms with Crippen molar-refractivity contribution in [1.29, 1.82) is 0 Å². The average Bonchev–Trinajstić information content (AvgIpc) is 3.99. The lowest BCUT2D eigenvalue weighted by atomic mass is 9.63. The summed E-state index contributed by atoms with van der Waals surface area (Å²) in [6.45, 7) is 12.3. The number of aryl methyl sites for hydroxylation is 1. The highest BCUT2D eigenvalue weighted by atomic mass is 35.5. The number of allylic oxidation sites excluding steroid dienone is 4. The Bertz CT molecular complexity index is 2600. The summed E-state index contributed by atoms with van der Waals surface area (Å²) in [5, 5.41) is 17.8. The molecule has 14 heteroatoms. The summed E-state index contributed by atoms with van der Waals surface area (Å²) >= 11 is 8.18. The fourth-order valence-corrected chi connectivity index (χ4v) is 12.7. The molecule has 3 fully saturated rings. The van der Waals surface area contributed by atoms with Crippen LogP contribution in [0, 0.1) is 24.2 Å². The molecule has 2 unspecified atom stereocenters. The second-order valence-corrected chi connectivity index (χ2v) is 21.9. The number of aliphatic hydroxyl groups is 1. The Hall–Kier alpha value is -4.69. The minimum Gasteiger partial charge on any atom is -0.391 e. The number of carbonyl (C=O) groups excluding carboxylic acids is 3. The van der Waals surface area contributed by atoms with Gasteiger partial charge in [-0.15, -0.1) is 11.3 Å². The normalized spacial score (nSPS) is 23.9. The van der Waals surface area contributed by atoms with Gasteiger partial charge >= 0.3 is 0 Å². The highest BCUT2D eigenvalue weighted by Crippen LogP contribution is 2.57. The number of hydrogen-bond acceptors (Lipinski definition) is 9. The number of aliphatic hydroxyl groups excluding tert-OH is 1. The number of benzene rings is 2. The molecule has 5 heterocycles. The van der Waals surface area contributed by atoms with Crippen molar-refractivity contribution in [3.8, 4) is 10.4 Å². The van der Waals surface area contributed by atoms with Gasteiger partial charge in [0, 0.05) is 30.7 Å². The van der Waals surface area contributed by atoms with Crippen molar-refractivity contribution < 1.29 is 19.5 Å². The van der Waals surface area contributed by atoms with Crippen LogP contribution in [0.25, 0.3) is 21.3 Å². The Morgan fingerprint density at radius 3 is 2.47 bits per heavy atom. The number of carbonyl (C=O) groups is 3. The molecule has 350 valence electrons. The molecule has 1 saturated carbocycles. The second kappa shape index (κ2) is 18.8. The summed E-state index contributed by atoms with van der Waals surface area (Å²) in [5.41, 5.74) is 6.05. The van der Waals surface area contributed by atoms with Crippen LogP contribution in [0.5, 0.6) is 0 Å². The maximum absolute atomic E-state index is 14.3. The van der Waals surface area contributed by atoms with E-state index in [1.807, 2.05) is 76.5 Å². The van der Waals surface area contributed by atoms with E-state index >= 15 is 0 Å². The van der Waals surface area contributed by atoms with E-state index in [1.54, 1.807) is 17.4 Å². The van der Waals surface area contributed by atoms with Crippen LogP contribution in [0.1, 0.15) is 121 Å². The maximum Gasteiger partial charge on any atom is 0.282 e. The van der Waals surface area contributed by atoms with Gasteiger partial charge in [0.1, 0.15) is 17.9 Å². The van der Waals surface area contributed by atoms with Crippen molar-refractivity contribution in [2.75, 3.05) is 26.2 Å². The van der Waals surface area contributed by atoms with Crippen LogP contribution in [0.4, 0.5) is 0 Å². The number of nitrogens with one attached hydrogen (secondary N) is 2. The topological polar surface area (TPSA) is 150 Å². The van der Waals surface area contributed by atoms with Gasteiger partial charge in [-0.1, -0.05) is 100 Å². The molecule has 2 aliphatic carbocycles. The van der Waals surface area contributed by atoms with E-state index in [1.165, 1.54) is 16.9 Å². The van der Waals surface area contributed by atoms with E-state index in [-0.39, 0.29) is 66.1 Å². The van der Waals surface area contributed by atoms with Gasteiger partial charge in [-0.05, 0) is 106 Å². The first kappa shape index (κ1) is 46.4. The van der Waals surface area contributed by atoms with E-state index in [0.717, 1.165) is 91.2 Å². The van der Waals surface area contributed by atoms with E-state index in [4.69, 9.17) is 16.6 Å². The minimum atomic E-state index is -0.869. The number of likely N-dealkylation sites (tertiary alicyclic amines) is 2. The Kier molecular flexibility index (Phi) is 13.2. The SMILES string of the molecule is Cc1ncsc1-c1ccc([C@H](C)NC(=O)[C@@H]2C[C@@H](O)CN2C(=O)[C@@H](NC(=O)CCCN2CCC(C3=CC4C(C=C3)n3c(nc(=O)c5c(Cl)cccc53)C43CCCCC3)CC2)C(C)(C)C)cc1. The van der Waals surface area contributed by atoms with Gasteiger partial charge in [0.2, 0.25) is 17.7 Å². The third-order valence-corrected chi connectivity index (χ3v) is 16.5. The molecule has 0 bridgehead atoms. The number of halogens is 1. The molecule has 3 amide bonds. The first-order chi connectivity index (χ1) is 31.6. The van der Waals surface area contributed by atoms with Crippen molar-refractivity contribution >= 4 is 51.6 Å². The van der Waals surface area contributed by atoms with Crippen molar-refractivity contribution in [1.82, 2.24) is 35.0 Å². The number of rotatable bonds is 11. The molecule has 0 radical (unpaired) electrons. The summed E-state index contributed by atoms with van der Waals surface area (Å²) in [7, 11) is 0. The molecule has 12 nitrogen and oxygen atoms in total. The summed E-state index contributed by atoms with van der Waals surface area (Å²) in [5.74, 6) is 0.728. The largest absolute Gasteiger partial charge is 0.391 e. The molecular formula is C52H64ClN7O5S. The van der Waals surface area contributed by atoms with E-state index < -0.39 is 23.6 Å². The highest BCUT2D eigenvalue weighted by Gasteiger charge is 2.54. The summed E-state index contributed by atoms with van der Waals surface area (Å²) < 4.78 is 2.32. The van der Waals surface area contributed by atoms with Gasteiger partial charge < -0.3 is 30.1 Å². The zero-order valence-corrected chi connectivity index (χ0v) is 40.5. The summed E-state index contributed by atoms with van der Waals surface area (Å²) in [4.78, 5) is 69.2. The van der Waals surface area contributed by atoms with Crippen LogP contribution >= 0.6 is 22.9 Å². The van der Waals surface area contributed by atoms with Gasteiger partial charge in [-0.25, -0.2) is 4.98 Å². The van der Waals surface area contributed by atoms with Crippen molar-refractivity contribution in [2.45, 2.75) is 135 Å². The Balaban J connectivity index is 0.782. The smallest absolute Gasteiger partial charge is 0.282 e. The Morgan fingerprint density at radius 2 is 1.77 bits per heavy atom. The standard InChI is InChI=1S/C52H64ClN7O5S/c1-31(33-14-16-35(17-15-33)45-32(2)54-30-66-45)55-47(63)42-28-37(61)29-59(42)49(65)46(51(3,4)5)56-43(62)13-10-24-58-25-20-34(21-26-58)36-18-19-40-38(27-36)52(22-7-6-8-23-52)50-57-48(64)44-39(53)11-9-12-41(44)60(40)50/h9,11-12,14-19,27,30-31,34,37-38,40,42,46,61H,6-8,10,13,20-26,28-29H2,1-5H3,(H,55,63)(H,56,62)/t31-,37+,38?,40?,42-,46+/m0/s1. The number of aromatic nitrogens is 3. The van der Waals surface area contributed by atoms with Crippen LogP contribution in [-0.4, -0.2) is 91.5 Å². The van der Waals surface area contributed by atoms with E-state index in [0.29, 0.717) is 22.7 Å². The molecular weight excluding hydrogens is 870 g/mol. The first-order valence-corrected chi connectivity index (χ1v) is 25.3. The predicted molar refractivity (Wildman–Crippen MR) is 260 cm³/mol. The lowest BCUT2D eigenvalue weighted by Crippen LogP contribution is -2.57. The number of piperidine rings is 1. The van der Waals surface area contributed by atoms with Crippen LogP contribution in [-0.2, 0) is 19.8 Å². The van der Waals surface area contributed by atoms with Crippen molar-refractivity contribution in [3.63, 3.8) is 0 Å². The molecule has 2 aromatic carbocycles. The molecule has 2 saturated heterocycles. The summed E-state index contributed by atoms with van der Waals surface area (Å²) in [6, 6.07) is 11.8. The fraction of sp³-hybridized carbons (Fsp3) is 0.538.